The molecule has 1 aromatic carbocycles. The molecule has 0 saturated carbocycles. The van der Waals surface area contributed by atoms with Crippen molar-refractivity contribution in [1.29, 1.82) is 0 Å². The molecule has 0 atom stereocenters. The van der Waals surface area contributed by atoms with Crippen molar-refractivity contribution in [1.82, 2.24) is 5.32 Å². The van der Waals surface area contributed by atoms with E-state index in [2.05, 4.69) is 10.0 Å². The topological polar surface area (TPSA) is 58.2 Å². The van der Waals surface area contributed by atoms with E-state index < -0.39 is 10.0 Å². The van der Waals surface area contributed by atoms with Gasteiger partial charge in [-0.2, -0.15) is 0 Å². The standard InChI is InChI=1S/C9H12Cl2N2O2S/c1-12-5-6-16(14,15)13-9-7(10)3-2-4-8(9)11/h2-4,12-13H,5-6H2,1H3. The highest BCUT2D eigenvalue weighted by Crippen LogP contribution is 2.30. The van der Waals surface area contributed by atoms with E-state index in [9.17, 15) is 8.42 Å². The van der Waals surface area contributed by atoms with Crippen molar-refractivity contribution >= 4 is 38.9 Å². The van der Waals surface area contributed by atoms with Gasteiger partial charge in [-0.25, -0.2) is 8.42 Å². The Kier molecular flexibility index (Phi) is 4.86. The lowest BCUT2D eigenvalue weighted by molar-refractivity contribution is 0.599. The molecular formula is C9H12Cl2N2O2S. The van der Waals surface area contributed by atoms with Crippen molar-refractivity contribution in [2.75, 3.05) is 24.1 Å². The first-order chi connectivity index (χ1) is 7.46. The predicted octanol–water partition coefficient (Wildman–Crippen LogP) is 1.95. The summed E-state index contributed by atoms with van der Waals surface area (Å²) in [6.07, 6.45) is 0. The Balaban J connectivity index is 2.88. The lowest BCUT2D eigenvalue weighted by atomic mass is 10.3. The fraction of sp³-hybridized carbons (Fsp3) is 0.333. The molecule has 2 N–H and O–H groups in total. The zero-order chi connectivity index (χ0) is 12.2. The smallest absolute Gasteiger partial charge is 0.234 e. The number of hydrogen-bond donors (Lipinski definition) is 2. The van der Waals surface area contributed by atoms with Crippen LogP contribution >= 0.6 is 23.2 Å². The lowest BCUT2D eigenvalue weighted by Crippen LogP contribution is -2.24. The van der Waals surface area contributed by atoms with Crippen molar-refractivity contribution in [3.05, 3.63) is 28.2 Å². The molecule has 0 heterocycles. The summed E-state index contributed by atoms with van der Waals surface area (Å²) in [5, 5.41) is 3.31. The Morgan fingerprint density at radius 3 is 2.31 bits per heavy atom. The molecule has 4 nitrogen and oxygen atoms in total. The summed E-state index contributed by atoms with van der Waals surface area (Å²) >= 11 is 11.7. The van der Waals surface area contributed by atoms with Crippen LogP contribution in [0.2, 0.25) is 10.0 Å². The fourth-order valence-electron chi connectivity index (χ4n) is 1.04. The molecule has 0 unspecified atom stereocenters. The van der Waals surface area contributed by atoms with Crippen molar-refractivity contribution in [3.8, 4) is 0 Å². The summed E-state index contributed by atoms with van der Waals surface area (Å²) in [6.45, 7) is 0.359. The summed E-state index contributed by atoms with van der Waals surface area (Å²) < 4.78 is 25.5. The minimum Gasteiger partial charge on any atom is -0.319 e. The second kappa shape index (κ2) is 5.72. The van der Waals surface area contributed by atoms with E-state index >= 15 is 0 Å². The van der Waals surface area contributed by atoms with Gasteiger partial charge in [0, 0.05) is 6.54 Å². The maximum Gasteiger partial charge on any atom is 0.234 e. The summed E-state index contributed by atoms with van der Waals surface area (Å²) in [6, 6.07) is 4.79. The van der Waals surface area contributed by atoms with E-state index in [0.717, 1.165) is 0 Å². The highest BCUT2D eigenvalue weighted by atomic mass is 35.5. The van der Waals surface area contributed by atoms with Gasteiger partial charge < -0.3 is 5.32 Å². The van der Waals surface area contributed by atoms with Gasteiger partial charge >= 0.3 is 0 Å². The molecule has 16 heavy (non-hydrogen) atoms. The van der Waals surface area contributed by atoms with Crippen LogP contribution in [0.4, 0.5) is 5.69 Å². The molecule has 1 rings (SSSR count). The quantitative estimate of drug-likeness (QED) is 0.868. The van der Waals surface area contributed by atoms with Gasteiger partial charge in [0.05, 0.1) is 21.5 Å². The molecule has 7 heteroatoms. The molecule has 0 aliphatic heterocycles. The summed E-state index contributed by atoms with van der Waals surface area (Å²) in [4.78, 5) is 0. The number of halogens is 2. The molecule has 0 saturated heterocycles. The zero-order valence-corrected chi connectivity index (χ0v) is 11.0. The first kappa shape index (κ1) is 13.6. The molecule has 90 valence electrons. The van der Waals surface area contributed by atoms with Crippen LogP contribution in [-0.2, 0) is 10.0 Å². The van der Waals surface area contributed by atoms with Gasteiger partial charge in [-0.15, -0.1) is 0 Å². The van der Waals surface area contributed by atoms with Crippen LogP contribution in [0.1, 0.15) is 0 Å². The molecule has 0 amide bonds. The number of rotatable bonds is 5. The van der Waals surface area contributed by atoms with E-state index in [0.29, 0.717) is 6.54 Å². The van der Waals surface area contributed by atoms with E-state index in [1.807, 2.05) is 0 Å². The van der Waals surface area contributed by atoms with Crippen LogP contribution in [0.3, 0.4) is 0 Å². The first-order valence-corrected chi connectivity index (χ1v) is 6.96. The van der Waals surface area contributed by atoms with Gasteiger partial charge in [-0.1, -0.05) is 29.3 Å². The average Bonchev–Trinajstić information content (AvgIpc) is 2.21. The third-order valence-corrected chi connectivity index (χ3v) is 3.73. The van der Waals surface area contributed by atoms with Gasteiger partial charge in [-0.05, 0) is 19.2 Å². The lowest BCUT2D eigenvalue weighted by Gasteiger charge is -2.10. The normalized spacial score (nSPS) is 11.4. The van der Waals surface area contributed by atoms with Gasteiger partial charge in [0.25, 0.3) is 0 Å². The minimum atomic E-state index is -3.42. The minimum absolute atomic E-state index is 0.0367. The Hall–Kier alpha value is -0.490. The van der Waals surface area contributed by atoms with E-state index in [-0.39, 0.29) is 21.5 Å². The first-order valence-electron chi connectivity index (χ1n) is 4.55. The third kappa shape index (κ3) is 3.83. The van der Waals surface area contributed by atoms with E-state index in [4.69, 9.17) is 23.2 Å². The van der Waals surface area contributed by atoms with Crippen molar-refractivity contribution in [2.45, 2.75) is 0 Å². The van der Waals surface area contributed by atoms with Crippen LogP contribution in [0.25, 0.3) is 0 Å². The number of sulfonamides is 1. The van der Waals surface area contributed by atoms with Crippen molar-refractivity contribution in [2.24, 2.45) is 0 Å². The maximum absolute atomic E-state index is 11.6. The molecular weight excluding hydrogens is 271 g/mol. The SMILES string of the molecule is CNCCS(=O)(=O)Nc1c(Cl)cccc1Cl. The number of anilines is 1. The Labute approximate surface area is 105 Å². The van der Waals surface area contributed by atoms with Gasteiger partial charge in [0.2, 0.25) is 10.0 Å². The van der Waals surface area contributed by atoms with E-state index in [1.54, 1.807) is 25.2 Å². The third-order valence-electron chi connectivity index (χ3n) is 1.84. The highest BCUT2D eigenvalue weighted by molar-refractivity contribution is 7.92. The Morgan fingerprint density at radius 1 is 1.25 bits per heavy atom. The molecule has 0 spiro atoms. The highest BCUT2D eigenvalue weighted by Gasteiger charge is 2.14. The number of para-hydroxylation sites is 1. The molecule has 0 aromatic heterocycles. The van der Waals surface area contributed by atoms with Gasteiger partial charge in [0.1, 0.15) is 0 Å². The number of benzene rings is 1. The van der Waals surface area contributed by atoms with Crippen LogP contribution in [0, 0.1) is 0 Å². The molecule has 0 aliphatic carbocycles. The van der Waals surface area contributed by atoms with Gasteiger partial charge in [-0.3, -0.25) is 4.72 Å². The second-order valence-corrected chi connectivity index (χ2v) is 5.78. The van der Waals surface area contributed by atoms with Crippen LogP contribution in [-0.4, -0.2) is 27.8 Å². The molecule has 1 aromatic rings. The molecule has 0 aliphatic rings. The largest absolute Gasteiger partial charge is 0.319 e. The number of hydrogen-bond acceptors (Lipinski definition) is 3. The van der Waals surface area contributed by atoms with Crippen molar-refractivity contribution < 1.29 is 8.42 Å². The van der Waals surface area contributed by atoms with Crippen LogP contribution in [0.15, 0.2) is 18.2 Å². The monoisotopic (exact) mass is 282 g/mol. The molecule has 0 radical (unpaired) electrons. The Morgan fingerprint density at radius 2 is 1.81 bits per heavy atom. The zero-order valence-electron chi connectivity index (χ0n) is 8.63. The number of nitrogens with one attached hydrogen (secondary N) is 2. The van der Waals surface area contributed by atoms with E-state index in [1.165, 1.54) is 0 Å². The van der Waals surface area contributed by atoms with Crippen LogP contribution in [0.5, 0.6) is 0 Å². The second-order valence-electron chi connectivity index (χ2n) is 3.12. The van der Waals surface area contributed by atoms with Gasteiger partial charge in [0.15, 0.2) is 0 Å². The maximum atomic E-state index is 11.6. The summed E-state index contributed by atoms with van der Waals surface area (Å²) in [7, 11) is -1.74. The molecule has 0 fully saturated rings. The molecule has 0 bridgehead atoms. The predicted molar refractivity (Wildman–Crippen MR) is 67.8 cm³/mol. The van der Waals surface area contributed by atoms with Crippen LogP contribution < -0.4 is 10.0 Å². The summed E-state index contributed by atoms with van der Waals surface area (Å²) in [5.74, 6) is -0.0367. The Bertz CT molecular complexity index is 442. The van der Waals surface area contributed by atoms with Crippen molar-refractivity contribution in [3.63, 3.8) is 0 Å². The summed E-state index contributed by atoms with van der Waals surface area (Å²) in [5.41, 5.74) is 0.224. The average molecular weight is 283 g/mol. The fourth-order valence-corrected chi connectivity index (χ4v) is 2.75.